The number of ether oxygens (including phenoxy) is 2. The molecule has 17 heavy (non-hydrogen) atoms. The highest BCUT2D eigenvalue weighted by atomic mass is 32.2. The summed E-state index contributed by atoms with van der Waals surface area (Å²) in [6.07, 6.45) is 0. The quantitative estimate of drug-likeness (QED) is 0.585. The van der Waals surface area contributed by atoms with Crippen molar-refractivity contribution in [3.05, 3.63) is 23.8 Å². The van der Waals surface area contributed by atoms with Crippen molar-refractivity contribution in [1.82, 2.24) is 0 Å². The van der Waals surface area contributed by atoms with Crippen molar-refractivity contribution in [3.63, 3.8) is 0 Å². The minimum atomic E-state index is -2.21. The molecule has 7 heteroatoms. The molecule has 0 fully saturated rings. The first-order valence-electron chi connectivity index (χ1n) is 4.66. The summed E-state index contributed by atoms with van der Waals surface area (Å²) < 4.78 is 29.6. The van der Waals surface area contributed by atoms with E-state index in [0.29, 0.717) is 6.61 Å². The van der Waals surface area contributed by atoms with Gasteiger partial charge < -0.3 is 19.1 Å². The van der Waals surface area contributed by atoms with E-state index in [-0.39, 0.29) is 22.8 Å². The Morgan fingerprint density at radius 2 is 2.12 bits per heavy atom. The minimum Gasteiger partial charge on any atom is -0.490 e. The fraction of sp³-hybridized carbons (Fsp3) is 0.300. The largest absolute Gasteiger partial charge is 0.490 e. The van der Waals surface area contributed by atoms with E-state index >= 15 is 0 Å². The molecule has 0 aromatic heterocycles. The van der Waals surface area contributed by atoms with Gasteiger partial charge in [0.1, 0.15) is 17.9 Å². The van der Waals surface area contributed by atoms with Crippen LogP contribution in [-0.4, -0.2) is 40.2 Å². The second-order valence-corrected chi connectivity index (χ2v) is 4.02. The molecule has 0 aliphatic carbocycles. The molecule has 0 aliphatic rings. The summed E-state index contributed by atoms with van der Waals surface area (Å²) in [5, 5.41) is 8.94. The van der Waals surface area contributed by atoms with Crippen LogP contribution in [0.2, 0.25) is 0 Å². The molecule has 1 aromatic rings. The lowest BCUT2D eigenvalue weighted by molar-refractivity contribution is 0.0689. The Morgan fingerprint density at radius 1 is 1.41 bits per heavy atom. The number of rotatable bonds is 6. The van der Waals surface area contributed by atoms with Crippen molar-refractivity contribution in [3.8, 4) is 5.75 Å². The van der Waals surface area contributed by atoms with Crippen molar-refractivity contribution in [1.29, 1.82) is 0 Å². The van der Waals surface area contributed by atoms with E-state index in [4.69, 9.17) is 19.1 Å². The molecule has 0 aliphatic heterocycles. The maximum Gasteiger partial charge on any atom is 0.339 e. The van der Waals surface area contributed by atoms with Crippen LogP contribution in [0.15, 0.2) is 23.1 Å². The molecular formula is C10H12O6S. The normalized spacial score (nSPS) is 12.1. The summed E-state index contributed by atoms with van der Waals surface area (Å²) in [5.74, 6) is -1.08. The molecule has 6 nitrogen and oxygen atoms in total. The van der Waals surface area contributed by atoms with Crippen LogP contribution in [0, 0.1) is 0 Å². The fourth-order valence-electron chi connectivity index (χ4n) is 1.15. The number of carboxylic acid groups (broad SMARTS) is 1. The van der Waals surface area contributed by atoms with Gasteiger partial charge in [-0.15, -0.1) is 0 Å². The zero-order valence-corrected chi connectivity index (χ0v) is 9.90. The van der Waals surface area contributed by atoms with Crippen LogP contribution in [-0.2, 0) is 15.8 Å². The molecule has 0 saturated carbocycles. The summed E-state index contributed by atoms with van der Waals surface area (Å²) in [6.45, 7) is 0.533. The van der Waals surface area contributed by atoms with Crippen molar-refractivity contribution in [2.24, 2.45) is 0 Å². The summed E-state index contributed by atoms with van der Waals surface area (Å²) in [5.41, 5.74) is -0.152. The molecule has 0 saturated heterocycles. The van der Waals surface area contributed by atoms with Crippen LogP contribution in [0.3, 0.4) is 0 Å². The number of aromatic carboxylic acids is 1. The Kier molecular flexibility index (Phi) is 5.08. The number of hydrogen-bond acceptors (Lipinski definition) is 4. The van der Waals surface area contributed by atoms with Crippen molar-refractivity contribution >= 4 is 17.0 Å². The zero-order valence-electron chi connectivity index (χ0n) is 9.08. The van der Waals surface area contributed by atoms with Gasteiger partial charge in [-0.1, -0.05) is 0 Å². The van der Waals surface area contributed by atoms with Gasteiger partial charge in [0.05, 0.1) is 11.5 Å². The molecule has 2 N–H and O–H groups in total. The number of carbonyl (C=O) groups is 1. The van der Waals surface area contributed by atoms with Gasteiger partial charge in [0.25, 0.3) is 0 Å². The van der Waals surface area contributed by atoms with E-state index in [0.717, 1.165) is 6.07 Å². The zero-order chi connectivity index (χ0) is 12.8. The van der Waals surface area contributed by atoms with Crippen LogP contribution in [0.25, 0.3) is 0 Å². The smallest absolute Gasteiger partial charge is 0.339 e. The Morgan fingerprint density at radius 3 is 2.65 bits per heavy atom. The topological polar surface area (TPSA) is 93.1 Å². The first-order chi connectivity index (χ1) is 8.06. The SMILES string of the molecule is COCCOc1ccc(S(=O)O)cc1C(=O)O. The summed E-state index contributed by atoms with van der Waals surface area (Å²) in [4.78, 5) is 11.0. The third-order valence-corrected chi connectivity index (χ3v) is 2.59. The van der Waals surface area contributed by atoms with Crippen molar-refractivity contribution in [2.75, 3.05) is 20.3 Å². The molecule has 0 amide bonds. The van der Waals surface area contributed by atoms with Crippen molar-refractivity contribution < 1.29 is 28.1 Å². The summed E-state index contributed by atoms with van der Waals surface area (Å²) in [7, 11) is 1.50. The summed E-state index contributed by atoms with van der Waals surface area (Å²) >= 11 is -2.21. The van der Waals surface area contributed by atoms with Gasteiger partial charge in [-0.05, 0) is 18.2 Å². The fourth-order valence-corrected chi connectivity index (χ4v) is 1.55. The predicted octanol–water partition coefficient (Wildman–Crippen LogP) is 0.991. The number of hydrogen-bond donors (Lipinski definition) is 2. The third-order valence-electron chi connectivity index (χ3n) is 1.93. The van der Waals surface area contributed by atoms with E-state index in [1.54, 1.807) is 0 Å². The molecule has 1 aromatic carbocycles. The van der Waals surface area contributed by atoms with Crippen LogP contribution in [0.5, 0.6) is 5.75 Å². The second-order valence-electron chi connectivity index (χ2n) is 3.05. The lowest BCUT2D eigenvalue weighted by Crippen LogP contribution is -2.09. The number of methoxy groups -OCH3 is 1. The maximum absolute atomic E-state index is 10.9. The van der Waals surface area contributed by atoms with E-state index in [1.807, 2.05) is 0 Å². The first kappa shape index (κ1) is 13.6. The molecular weight excluding hydrogens is 248 g/mol. The van der Waals surface area contributed by atoms with Crippen LogP contribution in [0.4, 0.5) is 0 Å². The van der Waals surface area contributed by atoms with Gasteiger partial charge in [-0.2, -0.15) is 0 Å². The molecule has 0 radical (unpaired) electrons. The van der Waals surface area contributed by atoms with Gasteiger partial charge in [0.15, 0.2) is 11.1 Å². The van der Waals surface area contributed by atoms with E-state index in [1.165, 1.54) is 19.2 Å². The Hall–Kier alpha value is -1.44. The highest BCUT2D eigenvalue weighted by Crippen LogP contribution is 2.21. The average molecular weight is 260 g/mol. The molecule has 1 rings (SSSR count). The van der Waals surface area contributed by atoms with Crippen molar-refractivity contribution in [2.45, 2.75) is 4.90 Å². The van der Waals surface area contributed by atoms with E-state index in [9.17, 15) is 9.00 Å². The van der Waals surface area contributed by atoms with E-state index < -0.39 is 17.0 Å². The molecule has 94 valence electrons. The highest BCUT2D eigenvalue weighted by molar-refractivity contribution is 7.79. The molecule has 0 bridgehead atoms. The Balaban J connectivity index is 2.96. The van der Waals surface area contributed by atoms with Gasteiger partial charge in [0.2, 0.25) is 0 Å². The van der Waals surface area contributed by atoms with Gasteiger partial charge in [-0.3, -0.25) is 0 Å². The van der Waals surface area contributed by atoms with Crippen LogP contribution >= 0.6 is 0 Å². The lowest BCUT2D eigenvalue weighted by atomic mass is 10.2. The molecule has 1 unspecified atom stereocenters. The highest BCUT2D eigenvalue weighted by Gasteiger charge is 2.14. The van der Waals surface area contributed by atoms with Gasteiger partial charge in [0, 0.05) is 7.11 Å². The first-order valence-corrected chi connectivity index (χ1v) is 5.77. The van der Waals surface area contributed by atoms with Gasteiger partial charge in [-0.25, -0.2) is 9.00 Å². The predicted molar refractivity (Wildman–Crippen MR) is 59.8 cm³/mol. The Bertz CT molecular complexity index is 431. The summed E-state index contributed by atoms with van der Waals surface area (Å²) in [6, 6.07) is 3.80. The monoisotopic (exact) mass is 260 g/mol. The standard InChI is InChI=1S/C10H12O6S/c1-15-4-5-16-9-3-2-7(17(13)14)6-8(9)10(11)12/h2-3,6H,4-5H2,1H3,(H,11,12)(H,13,14). The number of benzene rings is 1. The third kappa shape index (κ3) is 3.81. The number of carboxylic acids is 1. The van der Waals surface area contributed by atoms with E-state index in [2.05, 4.69) is 0 Å². The lowest BCUT2D eigenvalue weighted by Gasteiger charge is -2.09. The Labute approximate surface area is 100 Å². The molecule has 0 heterocycles. The minimum absolute atomic E-state index is 0.0153. The second kappa shape index (κ2) is 6.33. The van der Waals surface area contributed by atoms with Crippen LogP contribution < -0.4 is 4.74 Å². The molecule has 1 atom stereocenters. The van der Waals surface area contributed by atoms with Gasteiger partial charge >= 0.3 is 5.97 Å². The average Bonchev–Trinajstić information content (AvgIpc) is 2.29. The van der Waals surface area contributed by atoms with Crippen LogP contribution in [0.1, 0.15) is 10.4 Å². The molecule has 0 spiro atoms. The maximum atomic E-state index is 10.9.